The Labute approximate surface area is 197 Å². The van der Waals surface area contributed by atoms with Crippen LogP contribution >= 0.6 is 0 Å². The zero-order chi connectivity index (χ0) is 23.7. The molecule has 33 heavy (non-hydrogen) atoms. The van der Waals surface area contributed by atoms with Crippen LogP contribution in [0, 0.1) is 5.82 Å². The average molecular weight is 450 g/mol. The Morgan fingerprint density at radius 1 is 0.848 bits per heavy atom. The first-order valence-electron chi connectivity index (χ1n) is 11.9. The highest BCUT2D eigenvalue weighted by molar-refractivity contribution is 5.73. The molecule has 3 aromatic rings. The van der Waals surface area contributed by atoms with Crippen LogP contribution in [0.25, 0.3) is 11.1 Å². The minimum absolute atomic E-state index is 0.114. The number of rotatable bonds is 12. The van der Waals surface area contributed by atoms with Crippen LogP contribution in [0.3, 0.4) is 0 Å². The van der Waals surface area contributed by atoms with Gasteiger partial charge in [-0.2, -0.15) is 0 Å². The van der Waals surface area contributed by atoms with Crippen molar-refractivity contribution in [2.45, 2.75) is 65.0 Å². The van der Waals surface area contributed by atoms with Crippen molar-refractivity contribution in [2.24, 2.45) is 5.73 Å². The van der Waals surface area contributed by atoms with E-state index in [0.29, 0.717) is 13.2 Å². The molecule has 0 aliphatic rings. The Balaban J connectivity index is 1.77. The van der Waals surface area contributed by atoms with E-state index in [2.05, 4.69) is 26.8 Å². The summed E-state index contributed by atoms with van der Waals surface area (Å²) in [7, 11) is 0. The summed E-state index contributed by atoms with van der Waals surface area (Å²) in [6.45, 7) is 7.36. The number of halogens is 1. The van der Waals surface area contributed by atoms with Crippen molar-refractivity contribution >= 4 is 0 Å². The quantitative estimate of drug-likeness (QED) is 0.295. The summed E-state index contributed by atoms with van der Waals surface area (Å²) >= 11 is 0. The van der Waals surface area contributed by atoms with E-state index in [1.807, 2.05) is 36.4 Å². The van der Waals surface area contributed by atoms with Gasteiger partial charge in [-0.3, -0.25) is 0 Å². The summed E-state index contributed by atoms with van der Waals surface area (Å²) < 4.78 is 26.0. The Morgan fingerprint density at radius 2 is 1.58 bits per heavy atom. The fraction of sp³-hybridized carbons (Fsp3) is 0.379. The number of ether oxygens (including phenoxy) is 2. The molecule has 0 amide bonds. The molecule has 0 aliphatic carbocycles. The van der Waals surface area contributed by atoms with Gasteiger partial charge in [0.05, 0.1) is 6.61 Å². The molecule has 176 valence electrons. The maximum atomic E-state index is 13.5. The lowest BCUT2D eigenvalue weighted by molar-refractivity contribution is 0.287. The molecule has 0 aliphatic heterocycles. The van der Waals surface area contributed by atoms with Gasteiger partial charge in [0.1, 0.15) is 23.9 Å². The highest BCUT2D eigenvalue weighted by atomic mass is 19.1. The van der Waals surface area contributed by atoms with E-state index < -0.39 is 0 Å². The third kappa shape index (κ3) is 7.90. The van der Waals surface area contributed by atoms with Gasteiger partial charge in [0.25, 0.3) is 0 Å². The van der Waals surface area contributed by atoms with Gasteiger partial charge in [0, 0.05) is 17.2 Å². The number of hydrogen-bond acceptors (Lipinski definition) is 3. The summed E-state index contributed by atoms with van der Waals surface area (Å²) in [6.07, 6.45) is 5.02. The van der Waals surface area contributed by atoms with E-state index in [0.717, 1.165) is 65.9 Å². The molecule has 2 N–H and O–H groups in total. The number of aryl methyl sites for hydroxylation is 1. The van der Waals surface area contributed by atoms with Gasteiger partial charge < -0.3 is 15.2 Å². The largest absolute Gasteiger partial charge is 0.493 e. The van der Waals surface area contributed by atoms with Crippen molar-refractivity contribution in [3.63, 3.8) is 0 Å². The maximum absolute atomic E-state index is 13.5. The first-order chi connectivity index (χ1) is 15.9. The first-order valence-corrected chi connectivity index (χ1v) is 11.9. The van der Waals surface area contributed by atoms with Crippen LogP contribution in [0.5, 0.6) is 11.5 Å². The molecule has 3 nitrogen and oxygen atoms in total. The van der Waals surface area contributed by atoms with Crippen molar-refractivity contribution < 1.29 is 13.9 Å². The minimum Gasteiger partial charge on any atom is -0.493 e. The Hall–Kier alpha value is -2.85. The van der Waals surface area contributed by atoms with Crippen LogP contribution in [0.15, 0.2) is 66.7 Å². The Kier molecular flexibility index (Phi) is 8.90. The monoisotopic (exact) mass is 449 g/mol. The normalized spacial score (nSPS) is 11.4. The predicted molar refractivity (Wildman–Crippen MR) is 134 cm³/mol. The van der Waals surface area contributed by atoms with Gasteiger partial charge in [0.2, 0.25) is 0 Å². The lowest BCUT2D eigenvalue weighted by atomic mass is 9.98. The van der Waals surface area contributed by atoms with Gasteiger partial charge in [-0.25, -0.2) is 4.39 Å². The Bertz CT molecular complexity index is 995. The molecule has 0 heterocycles. The first kappa shape index (κ1) is 24.8. The van der Waals surface area contributed by atoms with Crippen molar-refractivity contribution in [1.29, 1.82) is 0 Å². The molecule has 4 heteroatoms. The van der Waals surface area contributed by atoms with Gasteiger partial charge in [-0.1, -0.05) is 55.8 Å². The predicted octanol–water partition coefficient (Wildman–Crippen LogP) is 7.31. The van der Waals surface area contributed by atoms with E-state index in [1.165, 1.54) is 12.1 Å². The van der Waals surface area contributed by atoms with E-state index in [-0.39, 0.29) is 11.4 Å². The molecular weight excluding hydrogens is 413 g/mol. The van der Waals surface area contributed by atoms with Crippen LogP contribution in [0.4, 0.5) is 4.39 Å². The lowest BCUT2D eigenvalue weighted by Crippen LogP contribution is -2.31. The van der Waals surface area contributed by atoms with Gasteiger partial charge in [0.15, 0.2) is 0 Å². The van der Waals surface area contributed by atoms with Crippen molar-refractivity contribution in [2.75, 3.05) is 6.61 Å². The van der Waals surface area contributed by atoms with Crippen molar-refractivity contribution in [3.05, 3.63) is 83.7 Å². The van der Waals surface area contributed by atoms with Crippen LogP contribution < -0.4 is 15.2 Å². The molecule has 0 spiro atoms. The minimum atomic E-state index is -0.251. The molecule has 0 bridgehead atoms. The fourth-order valence-corrected chi connectivity index (χ4v) is 3.77. The second-order valence-corrected chi connectivity index (χ2v) is 9.24. The summed E-state index contributed by atoms with van der Waals surface area (Å²) in [5.74, 6) is 1.34. The van der Waals surface area contributed by atoms with Gasteiger partial charge in [-0.05, 0) is 74.4 Å². The molecule has 0 aromatic heterocycles. The van der Waals surface area contributed by atoms with Gasteiger partial charge >= 0.3 is 0 Å². The van der Waals surface area contributed by atoms with Crippen molar-refractivity contribution in [1.82, 2.24) is 0 Å². The smallest absolute Gasteiger partial charge is 0.131 e. The average Bonchev–Trinajstić information content (AvgIpc) is 2.80. The van der Waals surface area contributed by atoms with E-state index in [9.17, 15) is 4.39 Å². The number of hydrogen-bond donors (Lipinski definition) is 1. The van der Waals surface area contributed by atoms with Crippen LogP contribution in [0.2, 0.25) is 0 Å². The van der Waals surface area contributed by atoms with E-state index in [1.54, 1.807) is 12.1 Å². The number of unbranched alkanes of at least 4 members (excludes halogenated alkanes) is 2. The zero-order valence-electron chi connectivity index (χ0n) is 20.1. The molecule has 0 saturated heterocycles. The van der Waals surface area contributed by atoms with Gasteiger partial charge in [-0.15, -0.1) is 0 Å². The topological polar surface area (TPSA) is 44.5 Å². The SMILES string of the molecule is CCc1cc(-c2ccc(F)cc2)c(OCc2ccccc2)cc1OCCCCCC(C)(C)N. The highest BCUT2D eigenvalue weighted by Gasteiger charge is 2.14. The molecular formula is C29H36FNO2. The summed E-state index contributed by atoms with van der Waals surface area (Å²) in [4.78, 5) is 0. The molecule has 0 fully saturated rings. The molecule has 0 saturated carbocycles. The molecule has 3 rings (SSSR count). The third-order valence-corrected chi connectivity index (χ3v) is 5.66. The van der Waals surface area contributed by atoms with Crippen molar-refractivity contribution in [3.8, 4) is 22.6 Å². The lowest BCUT2D eigenvalue weighted by Gasteiger charge is -2.19. The fourth-order valence-electron chi connectivity index (χ4n) is 3.77. The van der Waals surface area contributed by atoms with Crippen LogP contribution in [-0.4, -0.2) is 12.1 Å². The summed E-state index contributed by atoms with van der Waals surface area (Å²) in [6, 6.07) is 20.7. The number of benzene rings is 3. The van der Waals surface area contributed by atoms with Crippen LogP contribution in [-0.2, 0) is 13.0 Å². The maximum Gasteiger partial charge on any atom is 0.131 e. The van der Waals surface area contributed by atoms with E-state index in [4.69, 9.17) is 15.2 Å². The molecule has 0 radical (unpaired) electrons. The van der Waals surface area contributed by atoms with E-state index >= 15 is 0 Å². The standard InChI is InChI=1S/C29H36FNO2/c1-4-23-19-26(24-13-15-25(30)16-14-24)28(33-21-22-11-7-5-8-12-22)20-27(23)32-18-10-6-9-17-29(2,3)31/h5,7-8,11-16,19-20H,4,6,9-10,17-18,21,31H2,1-3H3. The summed E-state index contributed by atoms with van der Waals surface area (Å²) in [5.41, 5.74) is 10.0. The molecule has 3 aromatic carbocycles. The second kappa shape index (κ2) is 11.9. The van der Waals surface area contributed by atoms with Crippen LogP contribution in [0.1, 0.15) is 57.6 Å². The molecule has 0 unspecified atom stereocenters. The second-order valence-electron chi connectivity index (χ2n) is 9.24. The molecule has 0 atom stereocenters. The zero-order valence-corrected chi connectivity index (χ0v) is 20.1. The number of nitrogens with two attached hydrogens (primary N) is 1. The Morgan fingerprint density at radius 3 is 2.24 bits per heavy atom. The third-order valence-electron chi connectivity index (χ3n) is 5.66. The summed E-state index contributed by atoms with van der Waals surface area (Å²) in [5, 5.41) is 0. The highest BCUT2D eigenvalue weighted by Crippen LogP contribution is 2.37.